The van der Waals surface area contributed by atoms with Crippen LogP contribution in [0.1, 0.15) is 23.9 Å². The Bertz CT molecular complexity index is 1180. The van der Waals surface area contributed by atoms with Gasteiger partial charge in [0.15, 0.2) is 0 Å². The molecule has 33 heavy (non-hydrogen) atoms. The molecule has 1 aliphatic rings. The van der Waals surface area contributed by atoms with Gasteiger partial charge in [-0.2, -0.15) is 21.6 Å². The fourth-order valence-electron chi connectivity index (χ4n) is 3.09. The quantitative estimate of drug-likeness (QED) is 0.626. The summed E-state index contributed by atoms with van der Waals surface area (Å²) in [6.45, 7) is 4.08. The van der Waals surface area contributed by atoms with Crippen LogP contribution in [0.25, 0.3) is 6.08 Å². The second-order valence-electron chi connectivity index (χ2n) is 7.34. The summed E-state index contributed by atoms with van der Waals surface area (Å²) in [5, 5.41) is 9.03. The van der Waals surface area contributed by atoms with Crippen LogP contribution in [0, 0.1) is 0 Å². The van der Waals surface area contributed by atoms with Crippen molar-refractivity contribution in [1.29, 1.82) is 0 Å². The summed E-state index contributed by atoms with van der Waals surface area (Å²) in [7, 11) is -2.39. The summed E-state index contributed by atoms with van der Waals surface area (Å²) >= 11 is 0. The molecule has 0 saturated carbocycles. The maximum absolute atomic E-state index is 13.7. The van der Waals surface area contributed by atoms with E-state index in [1.54, 1.807) is 6.07 Å². The lowest BCUT2D eigenvalue weighted by Crippen LogP contribution is -2.44. The predicted octanol–water partition coefficient (Wildman–Crippen LogP) is 2.99. The Morgan fingerprint density at radius 2 is 1.94 bits per heavy atom. The van der Waals surface area contributed by atoms with Crippen LogP contribution < -0.4 is 4.90 Å². The molecule has 3 rings (SSSR count). The maximum atomic E-state index is 13.7. The van der Waals surface area contributed by atoms with E-state index in [0.717, 1.165) is 43.7 Å². The van der Waals surface area contributed by atoms with Gasteiger partial charge in [-0.1, -0.05) is 12.1 Å². The van der Waals surface area contributed by atoms with Crippen molar-refractivity contribution in [2.75, 3.05) is 38.1 Å². The standard InChI is InChI=1S/C20H22F3N5O4S/c1-14(26-33(30,31)25-12-18-24-13-19(29)32-18)3-4-15-5-6-16(11-17(15)20(21,22)23)28-9-7-27(2)8-10-28/h3-6,11-13,29H,7-10H2,1-2H3. The lowest BCUT2D eigenvalue weighted by atomic mass is 10.0. The molecule has 2 heterocycles. The van der Waals surface area contributed by atoms with Crippen molar-refractivity contribution in [2.24, 2.45) is 8.80 Å². The third-order valence-corrected chi connectivity index (χ3v) is 5.67. The Hall–Kier alpha value is -3.19. The largest absolute Gasteiger partial charge is 0.480 e. The molecular weight excluding hydrogens is 463 g/mol. The van der Waals surface area contributed by atoms with Crippen molar-refractivity contribution in [3.8, 4) is 5.95 Å². The Morgan fingerprint density at radius 3 is 2.55 bits per heavy atom. The number of likely N-dealkylation sites (N-methyl/N-ethyl adjacent to an activating group) is 1. The van der Waals surface area contributed by atoms with E-state index in [2.05, 4.69) is 23.1 Å². The highest BCUT2D eigenvalue weighted by molar-refractivity contribution is 7.89. The number of aromatic hydroxyl groups is 1. The van der Waals surface area contributed by atoms with E-state index in [9.17, 15) is 21.6 Å². The van der Waals surface area contributed by atoms with Gasteiger partial charge in [0, 0.05) is 31.9 Å². The number of hydrogen-bond donors (Lipinski definition) is 1. The molecule has 0 radical (unpaired) electrons. The van der Waals surface area contributed by atoms with E-state index in [1.807, 2.05) is 11.9 Å². The fourth-order valence-corrected chi connectivity index (χ4v) is 3.79. The summed E-state index contributed by atoms with van der Waals surface area (Å²) in [6, 6.07) is 4.06. The summed E-state index contributed by atoms with van der Waals surface area (Å²) < 4.78 is 76.2. The number of rotatable bonds is 6. The van der Waals surface area contributed by atoms with Crippen molar-refractivity contribution in [3.63, 3.8) is 0 Å². The summed E-state index contributed by atoms with van der Waals surface area (Å²) in [5.41, 5.74) is -0.551. The SMILES string of the molecule is CC(C=Cc1ccc(N2CCN(C)CC2)cc1C(F)(F)F)=NS(=O)(=O)N=Cc1ncc(O)o1. The van der Waals surface area contributed by atoms with Gasteiger partial charge in [0.05, 0.1) is 11.3 Å². The average Bonchev–Trinajstić information content (AvgIpc) is 3.16. The van der Waals surface area contributed by atoms with Gasteiger partial charge in [0.25, 0.3) is 0 Å². The highest BCUT2D eigenvalue weighted by atomic mass is 32.2. The van der Waals surface area contributed by atoms with E-state index in [1.165, 1.54) is 13.0 Å². The Morgan fingerprint density at radius 1 is 1.24 bits per heavy atom. The van der Waals surface area contributed by atoms with Crippen molar-refractivity contribution in [3.05, 3.63) is 47.5 Å². The number of halogens is 3. The summed E-state index contributed by atoms with van der Waals surface area (Å²) in [6.07, 6.45) is -0.580. The zero-order valence-corrected chi connectivity index (χ0v) is 18.6. The van der Waals surface area contributed by atoms with Gasteiger partial charge < -0.3 is 19.3 Å². The van der Waals surface area contributed by atoms with E-state index in [4.69, 9.17) is 5.11 Å². The van der Waals surface area contributed by atoms with Crippen LogP contribution in [-0.2, 0) is 16.4 Å². The Balaban J connectivity index is 1.80. The van der Waals surface area contributed by atoms with Crippen molar-refractivity contribution >= 4 is 33.9 Å². The second-order valence-corrected chi connectivity index (χ2v) is 8.63. The molecule has 0 bridgehead atoms. The van der Waals surface area contributed by atoms with E-state index >= 15 is 0 Å². The van der Waals surface area contributed by atoms with Crippen LogP contribution in [-0.4, -0.2) is 68.6 Å². The Labute approximate surface area is 188 Å². The molecule has 1 N–H and O–H groups in total. The van der Waals surface area contributed by atoms with Crippen LogP contribution in [0.4, 0.5) is 18.9 Å². The zero-order chi connectivity index (χ0) is 24.2. The molecule has 178 valence electrons. The molecule has 1 aromatic heterocycles. The first-order valence-corrected chi connectivity index (χ1v) is 11.2. The average molecular weight is 485 g/mol. The van der Waals surface area contributed by atoms with Gasteiger partial charge >= 0.3 is 22.3 Å². The third-order valence-electron chi connectivity index (χ3n) is 4.78. The molecule has 1 aliphatic heterocycles. The first-order valence-electron chi connectivity index (χ1n) is 9.77. The summed E-state index contributed by atoms with van der Waals surface area (Å²) in [4.78, 5) is 7.55. The van der Waals surface area contributed by atoms with E-state index in [0.29, 0.717) is 18.8 Å². The van der Waals surface area contributed by atoms with Gasteiger partial charge in [-0.25, -0.2) is 4.98 Å². The number of nitrogens with zero attached hydrogens (tertiary/aromatic N) is 5. The second kappa shape index (κ2) is 9.75. The minimum Gasteiger partial charge on any atom is -0.480 e. The number of hydrogen-bond acceptors (Lipinski definition) is 7. The molecule has 0 amide bonds. The van der Waals surface area contributed by atoms with Crippen LogP contribution in [0.5, 0.6) is 5.95 Å². The minimum absolute atomic E-state index is 0.0846. The topological polar surface area (TPSA) is 112 Å². The predicted molar refractivity (Wildman–Crippen MR) is 118 cm³/mol. The normalized spacial score (nSPS) is 16.9. The van der Waals surface area contributed by atoms with Crippen LogP contribution >= 0.6 is 0 Å². The molecule has 0 spiro atoms. The maximum Gasteiger partial charge on any atom is 0.417 e. The Kier molecular flexibility index (Phi) is 7.22. The first kappa shape index (κ1) is 24.5. The van der Waals surface area contributed by atoms with Crippen molar-refractivity contribution < 1.29 is 31.1 Å². The van der Waals surface area contributed by atoms with Crippen LogP contribution in [0.2, 0.25) is 0 Å². The van der Waals surface area contributed by atoms with Crippen molar-refractivity contribution in [2.45, 2.75) is 13.1 Å². The number of allylic oxidation sites excluding steroid dienone is 1. The fraction of sp³-hybridized carbons (Fsp3) is 0.350. The smallest absolute Gasteiger partial charge is 0.417 e. The van der Waals surface area contributed by atoms with Gasteiger partial charge in [-0.15, -0.1) is 8.80 Å². The molecule has 13 heteroatoms. The van der Waals surface area contributed by atoms with Crippen LogP contribution in [0.15, 0.2) is 43.7 Å². The minimum atomic E-state index is -4.59. The van der Waals surface area contributed by atoms with Crippen molar-refractivity contribution in [1.82, 2.24) is 9.88 Å². The molecule has 1 aromatic carbocycles. The molecule has 0 aliphatic carbocycles. The number of aromatic nitrogens is 1. The number of benzene rings is 1. The number of oxazole rings is 1. The number of alkyl halides is 3. The van der Waals surface area contributed by atoms with Crippen LogP contribution in [0.3, 0.4) is 0 Å². The molecule has 0 atom stereocenters. The molecule has 1 saturated heterocycles. The van der Waals surface area contributed by atoms with Gasteiger partial charge in [-0.05, 0) is 37.7 Å². The van der Waals surface area contributed by atoms with E-state index < -0.39 is 27.9 Å². The van der Waals surface area contributed by atoms with E-state index in [-0.39, 0.29) is 17.2 Å². The molecule has 2 aromatic rings. The molecule has 1 fully saturated rings. The van der Waals surface area contributed by atoms with Gasteiger partial charge in [-0.3, -0.25) is 0 Å². The lowest BCUT2D eigenvalue weighted by Gasteiger charge is -2.34. The first-order chi connectivity index (χ1) is 15.4. The molecule has 9 nitrogen and oxygen atoms in total. The monoisotopic (exact) mass is 485 g/mol. The number of anilines is 1. The van der Waals surface area contributed by atoms with Gasteiger partial charge in [0.2, 0.25) is 5.89 Å². The lowest BCUT2D eigenvalue weighted by molar-refractivity contribution is -0.137. The molecular formula is C20H22F3N5O4S. The highest BCUT2D eigenvalue weighted by Crippen LogP contribution is 2.35. The summed E-state index contributed by atoms with van der Waals surface area (Å²) in [5.74, 6) is -0.773. The zero-order valence-electron chi connectivity index (χ0n) is 17.8. The third kappa shape index (κ3) is 6.89. The van der Waals surface area contributed by atoms with Gasteiger partial charge in [0.1, 0.15) is 12.4 Å². The molecule has 0 unspecified atom stereocenters. The highest BCUT2D eigenvalue weighted by Gasteiger charge is 2.33. The number of piperazine rings is 1.